The first-order chi connectivity index (χ1) is 9.76. The van der Waals surface area contributed by atoms with Gasteiger partial charge in [0.05, 0.1) is 11.2 Å². The fraction of sp³-hybridized carbons (Fsp3) is 0.0625. The van der Waals surface area contributed by atoms with Gasteiger partial charge in [0.1, 0.15) is 17.3 Å². The number of benzene rings is 2. The van der Waals surface area contributed by atoms with E-state index >= 15 is 0 Å². The summed E-state index contributed by atoms with van der Waals surface area (Å²) in [5, 5.41) is 0.897. The van der Waals surface area contributed by atoms with Crippen molar-refractivity contribution in [3.05, 3.63) is 66.1 Å². The Hall–Kier alpha value is -2.46. The predicted octanol–water partition coefficient (Wildman–Crippen LogP) is 3.62. The summed E-state index contributed by atoms with van der Waals surface area (Å²) >= 11 is 0. The van der Waals surface area contributed by atoms with Crippen molar-refractivity contribution in [2.75, 3.05) is 0 Å². The topological polar surface area (TPSA) is 48.1 Å². The van der Waals surface area contributed by atoms with Crippen molar-refractivity contribution in [3.63, 3.8) is 0 Å². The lowest BCUT2D eigenvalue weighted by atomic mass is 10.2. The van der Waals surface area contributed by atoms with Crippen molar-refractivity contribution >= 4 is 10.9 Å². The molecule has 1 heterocycles. The monoisotopic (exact) mass is 268 g/mol. The number of aromatic nitrogens is 1. The van der Waals surface area contributed by atoms with E-state index in [4.69, 9.17) is 10.5 Å². The van der Waals surface area contributed by atoms with E-state index in [1.807, 2.05) is 30.3 Å². The van der Waals surface area contributed by atoms with Crippen LogP contribution in [0.25, 0.3) is 10.9 Å². The molecule has 100 valence electrons. The standard InChI is InChI=1S/C16H13FN2O/c17-11-5-7-13(8-6-11)20-16-9-12(10-18)19-15-4-2-1-3-14(15)16/h1-9H,10,18H2. The number of hydrogen-bond acceptors (Lipinski definition) is 3. The van der Waals surface area contributed by atoms with Crippen molar-refractivity contribution in [2.45, 2.75) is 6.54 Å². The Morgan fingerprint density at radius 1 is 1.05 bits per heavy atom. The third-order valence-electron chi connectivity index (χ3n) is 2.98. The molecule has 2 N–H and O–H groups in total. The van der Waals surface area contributed by atoms with E-state index in [0.717, 1.165) is 16.6 Å². The lowest BCUT2D eigenvalue weighted by molar-refractivity contribution is 0.485. The van der Waals surface area contributed by atoms with Gasteiger partial charge in [0, 0.05) is 18.0 Å². The summed E-state index contributed by atoms with van der Waals surface area (Å²) in [5.41, 5.74) is 7.23. The largest absolute Gasteiger partial charge is 0.457 e. The lowest BCUT2D eigenvalue weighted by Crippen LogP contribution is -2.00. The van der Waals surface area contributed by atoms with Crippen LogP contribution in [0.2, 0.25) is 0 Å². The summed E-state index contributed by atoms with van der Waals surface area (Å²) in [6.07, 6.45) is 0. The van der Waals surface area contributed by atoms with Crippen LogP contribution in [0.5, 0.6) is 11.5 Å². The van der Waals surface area contributed by atoms with Crippen molar-refractivity contribution in [1.82, 2.24) is 4.98 Å². The van der Waals surface area contributed by atoms with Gasteiger partial charge < -0.3 is 10.5 Å². The van der Waals surface area contributed by atoms with Crippen LogP contribution in [0, 0.1) is 5.82 Å². The molecule has 0 aliphatic rings. The maximum absolute atomic E-state index is 12.9. The number of rotatable bonds is 3. The Labute approximate surface area is 115 Å². The number of halogens is 1. The Kier molecular flexibility index (Phi) is 3.31. The smallest absolute Gasteiger partial charge is 0.138 e. The highest BCUT2D eigenvalue weighted by Gasteiger charge is 2.07. The van der Waals surface area contributed by atoms with Crippen LogP contribution in [0.15, 0.2) is 54.6 Å². The van der Waals surface area contributed by atoms with Gasteiger partial charge in [-0.2, -0.15) is 0 Å². The van der Waals surface area contributed by atoms with Crippen LogP contribution in [0.1, 0.15) is 5.69 Å². The second kappa shape index (κ2) is 5.27. The van der Waals surface area contributed by atoms with Gasteiger partial charge in [-0.25, -0.2) is 4.39 Å². The van der Waals surface area contributed by atoms with E-state index in [9.17, 15) is 4.39 Å². The SMILES string of the molecule is NCc1cc(Oc2ccc(F)cc2)c2ccccc2n1. The summed E-state index contributed by atoms with van der Waals surface area (Å²) in [4.78, 5) is 4.45. The van der Waals surface area contributed by atoms with Gasteiger partial charge in [0.25, 0.3) is 0 Å². The van der Waals surface area contributed by atoms with Crippen molar-refractivity contribution < 1.29 is 9.13 Å². The molecule has 0 aliphatic carbocycles. The molecular weight excluding hydrogens is 255 g/mol. The van der Waals surface area contributed by atoms with Gasteiger partial charge in [-0.05, 0) is 36.4 Å². The van der Waals surface area contributed by atoms with Crippen molar-refractivity contribution in [1.29, 1.82) is 0 Å². The Balaban J connectivity index is 2.07. The molecule has 0 radical (unpaired) electrons. The number of nitrogens with two attached hydrogens (primary N) is 1. The van der Waals surface area contributed by atoms with Crippen LogP contribution in [0.4, 0.5) is 4.39 Å². The Morgan fingerprint density at radius 3 is 2.55 bits per heavy atom. The van der Waals surface area contributed by atoms with E-state index in [2.05, 4.69) is 4.98 Å². The van der Waals surface area contributed by atoms with Gasteiger partial charge in [-0.15, -0.1) is 0 Å². The van der Waals surface area contributed by atoms with Crippen LogP contribution >= 0.6 is 0 Å². The minimum Gasteiger partial charge on any atom is -0.457 e. The molecule has 0 amide bonds. The molecular formula is C16H13FN2O. The molecule has 2 aromatic carbocycles. The van der Waals surface area contributed by atoms with E-state index < -0.39 is 0 Å². The van der Waals surface area contributed by atoms with Crippen molar-refractivity contribution in [3.8, 4) is 11.5 Å². The third kappa shape index (κ3) is 2.46. The zero-order valence-electron chi connectivity index (χ0n) is 10.7. The van der Waals surface area contributed by atoms with E-state index in [1.54, 1.807) is 12.1 Å². The molecule has 3 rings (SSSR count). The summed E-state index contributed by atoms with van der Waals surface area (Å²) in [6, 6.07) is 15.4. The zero-order valence-corrected chi connectivity index (χ0v) is 10.7. The minimum atomic E-state index is -0.292. The highest BCUT2D eigenvalue weighted by Crippen LogP contribution is 2.29. The summed E-state index contributed by atoms with van der Waals surface area (Å²) < 4.78 is 18.7. The van der Waals surface area contributed by atoms with Gasteiger partial charge in [-0.3, -0.25) is 4.98 Å². The highest BCUT2D eigenvalue weighted by molar-refractivity contribution is 5.85. The lowest BCUT2D eigenvalue weighted by Gasteiger charge is -2.10. The summed E-state index contributed by atoms with van der Waals surface area (Å²) in [5.74, 6) is 0.952. The molecule has 20 heavy (non-hydrogen) atoms. The number of ether oxygens (including phenoxy) is 1. The maximum atomic E-state index is 12.9. The van der Waals surface area contributed by atoms with Gasteiger partial charge in [-0.1, -0.05) is 12.1 Å². The van der Waals surface area contributed by atoms with E-state index in [-0.39, 0.29) is 5.82 Å². The molecule has 3 nitrogen and oxygen atoms in total. The third-order valence-corrected chi connectivity index (χ3v) is 2.98. The molecule has 0 spiro atoms. The number of nitrogens with zero attached hydrogens (tertiary/aromatic N) is 1. The number of hydrogen-bond donors (Lipinski definition) is 1. The number of fused-ring (bicyclic) bond motifs is 1. The predicted molar refractivity (Wildman–Crippen MR) is 76.1 cm³/mol. The van der Waals surface area contributed by atoms with E-state index in [0.29, 0.717) is 18.0 Å². The zero-order chi connectivity index (χ0) is 13.9. The van der Waals surface area contributed by atoms with Gasteiger partial charge in [0.15, 0.2) is 0 Å². The second-order valence-electron chi connectivity index (χ2n) is 4.39. The van der Waals surface area contributed by atoms with Crippen LogP contribution in [-0.4, -0.2) is 4.98 Å². The normalized spacial score (nSPS) is 10.7. The fourth-order valence-corrected chi connectivity index (χ4v) is 2.01. The van der Waals surface area contributed by atoms with Gasteiger partial charge >= 0.3 is 0 Å². The first kappa shape index (κ1) is 12.6. The molecule has 4 heteroatoms. The highest BCUT2D eigenvalue weighted by atomic mass is 19.1. The molecule has 0 aliphatic heterocycles. The van der Waals surface area contributed by atoms with Crippen LogP contribution in [0.3, 0.4) is 0 Å². The minimum absolute atomic E-state index is 0.292. The van der Waals surface area contributed by atoms with E-state index in [1.165, 1.54) is 12.1 Å². The first-order valence-corrected chi connectivity index (χ1v) is 6.28. The molecule has 0 atom stereocenters. The molecule has 0 bridgehead atoms. The average molecular weight is 268 g/mol. The van der Waals surface area contributed by atoms with Gasteiger partial charge in [0.2, 0.25) is 0 Å². The molecule has 0 saturated heterocycles. The molecule has 0 fully saturated rings. The Bertz CT molecular complexity index is 741. The maximum Gasteiger partial charge on any atom is 0.138 e. The molecule has 0 unspecified atom stereocenters. The quantitative estimate of drug-likeness (QED) is 0.789. The summed E-state index contributed by atoms with van der Waals surface area (Å²) in [6.45, 7) is 0.338. The number of pyridine rings is 1. The molecule has 1 aromatic heterocycles. The van der Waals surface area contributed by atoms with Crippen LogP contribution < -0.4 is 10.5 Å². The van der Waals surface area contributed by atoms with Crippen LogP contribution in [-0.2, 0) is 6.54 Å². The molecule has 0 saturated carbocycles. The Morgan fingerprint density at radius 2 is 1.80 bits per heavy atom. The fourth-order valence-electron chi connectivity index (χ4n) is 2.01. The average Bonchev–Trinajstić information content (AvgIpc) is 2.49. The molecule has 3 aromatic rings. The first-order valence-electron chi connectivity index (χ1n) is 6.28. The second-order valence-corrected chi connectivity index (χ2v) is 4.39. The number of para-hydroxylation sites is 1. The summed E-state index contributed by atoms with van der Waals surface area (Å²) in [7, 11) is 0. The van der Waals surface area contributed by atoms with Crippen molar-refractivity contribution in [2.24, 2.45) is 5.73 Å².